The van der Waals surface area contributed by atoms with E-state index in [1.807, 2.05) is 17.0 Å². The summed E-state index contributed by atoms with van der Waals surface area (Å²) in [6.45, 7) is 6.32. The minimum absolute atomic E-state index is 0.0682. The van der Waals surface area contributed by atoms with Crippen molar-refractivity contribution in [1.82, 2.24) is 9.80 Å². The van der Waals surface area contributed by atoms with Crippen molar-refractivity contribution >= 4 is 5.91 Å². The number of carbonyl (C=O) groups is 1. The van der Waals surface area contributed by atoms with Gasteiger partial charge in [0.2, 0.25) is 0 Å². The number of benzene rings is 1. The lowest BCUT2D eigenvalue weighted by atomic mass is 10.1. The molecule has 5 heteroatoms. The highest BCUT2D eigenvalue weighted by Gasteiger charge is 2.20. The first kappa shape index (κ1) is 17.6. The van der Waals surface area contributed by atoms with Crippen LogP contribution in [0.4, 0.5) is 0 Å². The van der Waals surface area contributed by atoms with Crippen LogP contribution in [0.1, 0.15) is 36.5 Å². The number of ether oxygens (including phenoxy) is 2. The number of rotatable bonds is 6. The van der Waals surface area contributed by atoms with Crippen LogP contribution in [0.2, 0.25) is 0 Å². The third kappa shape index (κ3) is 4.86. The molecule has 2 rings (SSSR count). The maximum atomic E-state index is 12.7. The number of hydrogen-bond donors (Lipinski definition) is 0. The van der Waals surface area contributed by atoms with Gasteiger partial charge in [-0.05, 0) is 44.6 Å². The topological polar surface area (TPSA) is 42.0 Å². The van der Waals surface area contributed by atoms with Gasteiger partial charge in [-0.25, -0.2) is 0 Å². The van der Waals surface area contributed by atoms with E-state index in [1.165, 1.54) is 0 Å². The van der Waals surface area contributed by atoms with E-state index in [0.29, 0.717) is 23.7 Å². The molecule has 0 aliphatic carbocycles. The molecule has 0 bridgehead atoms. The fourth-order valence-corrected chi connectivity index (χ4v) is 2.68. The molecule has 1 heterocycles. The molecule has 1 aromatic rings. The largest absolute Gasteiger partial charge is 0.493 e. The molecule has 0 radical (unpaired) electrons. The zero-order valence-corrected chi connectivity index (χ0v) is 14.5. The summed E-state index contributed by atoms with van der Waals surface area (Å²) in [6.07, 6.45) is 3.10. The average molecular weight is 320 g/mol. The lowest BCUT2D eigenvalue weighted by Crippen LogP contribution is -2.34. The fraction of sp³-hybridized carbons (Fsp3) is 0.611. The van der Waals surface area contributed by atoms with Gasteiger partial charge < -0.3 is 19.3 Å². The van der Waals surface area contributed by atoms with Crippen LogP contribution in [-0.4, -0.2) is 62.7 Å². The van der Waals surface area contributed by atoms with Crippen molar-refractivity contribution in [2.45, 2.75) is 26.2 Å². The Morgan fingerprint density at radius 1 is 1.17 bits per heavy atom. The van der Waals surface area contributed by atoms with Crippen molar-refractivity contribution in [1.29, 1.82) is 0 Å². The zero-order valence-electron chi connectivity index (χ0n) is 14.5. The summed E-state index contributed by atoms with van der Waals surface area (Å²) in [7, 11) is 3.70. The van der Waals surface area contributed by atoms with Crippen LogP contribution >= 0.6 is 0 Å². The van der Waals surface area contributed by atoms with Crippen LogP contribution in [0.15, 0.2) is 18.2 Å². The van der Waals surface area contributed by atoms with Gasteiger partial charge in [0.05, 0.1) is 13.7 Å². The highest BCUT2D eigenvalue weighted by atomic mass is 16.5. The quantitative estimate of drug-likeness (QED) is 0.756. The molecular formula is C18H28N2O3. The van der Waals surface area contributed by atoms with E-state index in [0.717, 1.165) is 45.4 Å². The second-order valence-corrected chi connectivity index (χ2v) is 6.02. The molecule has 0 saturated carbocycles. The molecule has 0 spiro atoms. The molecule has 1 aliphatic rings. The Hall–Kier alpha value is -1.75. The number of likely N-dealkylation sites (N-methyl/N-ethyl adjacent to an activating group) is 1. The first-order chi connectivity index (χ1) is 11.2. The summed E-state index contributed by atoms with van der Waals surface area (Å²) >= 11 is 0. The van der Waals surface area contributed by atoms with Crippen molar-refractivity contribution in [3.8, 4) is 11.5 Å². The molecule has 0 atom stereocenters. The van der Waals surface area contributed by atoms with Crippen molar-refractivity contribution in [3.63, 3.8) is 0 Å². The van der Waals surface area contributed by atoms with Crippen LogP contribution in [-0.2, 0) is 0 Å². The van der Waals surface area contributed by atoms with Crippen LogP contribution in [0.25, 0.3) is 0 Å². The molecule has 1 saturated heterocycles. The maximum Gasteiger partial charge on any atom is 0.254 e. The van der Waals surface area contributed by atoms with Crippen molar-refractivity contribution in [2.75, 3.05) is 46.9 Å². The molecule has 1 aromatic carbocycles. The minimum atomic E-state index is 0.0682. The van der Waals surface area contributed by atoms with Crippen molar-refractivity contribution in [2.24, 2.45) is 0 Å². The number of amides is 1. The van der Waals surface area contributed by atoms with Gasteiger partial charge in [-0.3, -0.25) is 4.79 Å². The molecule has 0 aromatic heterocycles. The Kier molecular flexibility index (Phi) is 6.71. The standard InChI is InChI=1S/C18H28N2O3/c1-4-5-13-23-16-8-7-15(14-17(16)22-3)18(21)20-10-6-9-19(2)11-12-20/h7-8,14H,4-6,9-13H2,1-3H3. The number of unbranched alkanes of at least 4 members (excludes halogenated alkanes) is 1. The van der Waals surface area contributed by atoms with E-state index in [1.54, 1.807) is 13.2 Å². The van der Waals surface area contributed by atoms with Gasteiger partial charge in [0, 0.05) is 25.2 Å². The summed E-state index contributed by atoms with van der Waals surface area (Å²) in [5, 5.41) is 0. The van der Waals surface area contributed by atoms with Gasteiger partial charge in [0.15, 0.2) is 11.5 Å². The Labute approximate surface area is 139 Å². The first-order valence-electron chi connectivity index (χ1n) is 8.44. The molecule has 23 heavy (non-hydrogen) atoms. The highest BCUT2D eigenvalue weighted by Crippen LogP contribution is 2.29. The van der Waals surface area contributed by atoms with E-state index < -0.39 is 0 Å². The molecule has 1 aliphatic heterocycles. The maximum absolute atomic E-state index is 12.7. The molecule has 0 unspecified atom stereocenters. The third-order valence-electron chi connectivity index (χ3n) is 4.17. The molecule has 0 N–H and O–H groups in total. The second-order valence-electron chi connectivity index (χ2n) is 6.02. The average Bonchev–Trinajstić information content (AvgIpc) is 2.79. The van der Waals surface area contributed by atoms with Gasteiger partial charge >= 0.3 is 0 Å². The van der Waals surface area contributed by atoms with E-state index in [9.17, 15) is 4.79 Å². The molecular weight excluding hydrogens is 292 g/mol. The van der Waals surface area contributed by atoms with Crippen LogP contribution in [0.3, 0.4) is 0 Å². The number of methoxy groups -OCH3 is 1. The van der Waals surface area contributed by atoms with Crippen LogP contribution in [0, 0.1) is 0 Å². The highest BCUT2D eigenvalue weighted by molar-refractivity contribution is 5.95. The normalized spacial score (nSPS) is 16.0. The monoisotopic (exact) mass is 320 g/mol. The summed E-state index contributed by atoms with van der Waals surface area (Å²) in [4.78, 5) is 16.9. The Bertz CT molecular complexity index is 519. The van der Waals surface area contributed by atoms with Gasteiger partial charge in [-0.2, -0.15) is 0 Å². The van der Waals surface area contributed by atoms with Gasteiger partial charge in [0.1, 0.15) is 0 Å². The van der Waals surface area contributed by atoms with E-state index >= 15 is 0 Å². The number of nitrogens with zero attached hydrogens (tertiary/aromatic N) is 2. The first-order valence-corrected chi connectivity index (χ1v) is 8.44. The second kappa shape index (κ2) is 8.77. The van der Waals surface area contributed by atoms with Crippen LogP contribution in [0.5, 0.6) is 11.5 Å². The Morgan fingerprint density at radius 2 is 2.00 bits per heavy atom. The van der Waals surface area contributed by atoms with Crippen LogP contribution < -0.4 is 9.47 Å². The van der Waals surface area contributed by atoms with Gasteiger partial charge in [0.25, 0.3) is 5.91 Å². The summed E-state index contributed by atoms with van der Waals surface area (Å²) < 4.78 is 11.1. The Morgan fingerprint density at radius 3 is 2.74 bits per heavy atom. The predicted octanol–water partition coefficient (Wildman–Crippen LogP) is 2.65. The molecule has 1 fully saturated rings. The summed E-state index contributed by atoms with van der Waals surface area (Å²) in [5.74, 6) is 1.39. The molecule has 1 amide bonds. The Balaban J connectivity index is 2.08. The molecule has 128 valence electrons. The summed E-state index contributed by atoms with van der Waals surface area (Å²) in [5.41, 5.74) is 0.661. The predicted molar refractivity (Wildman–Crippen MR) is 91.4 cm³/mol. The lowest BCUT2D eigenvalue weighted by molar-refractivity contribution is 0.0762. The summed E-state index contributed by atoms with van der Waals surface area (Å²) in [6, 6.07) is 5.46. The fourth-order valence-electron chi connectivity index (χ4n) is 2.68. The third-order valence-corrected chi connectivity index (χ3v) is 4.17. The van der Waals surface area contributed by atoms with E-state index in [2.05, 4.69) is 18.9 Å². The lowest BCUT2D eigenvalue weighted by Gasteiger charge is -2.21. The van der Waals surface area contributed by atoms with Gasteiger partial charge in [-0.1, -0.05) is 13.3 Å². The minimum Gasteiger partial charge on any atom is -0.493 e. The van der Waals surface area contributed by atoms with E-state index in [-0.39, 0.29) is 5.91 Å². The van der Waals surface area contributed by atoms with Gasteiger partial charge in [-0.15, -0.1) is 0 Å². The zero-order chi connectivity index (χ0) is 16.7. The van der Waals surface area contributed by atoms with Crippen molar-refractivity contribution < 1.29 is 14.3 Å². The SMILES string of the molecule is CCCCOc1ccc(C(=O)N2CCCN(C)CC2)cc1OC. The van der Waals surface area contributed by atoms with E-state index in [4.69, 9.17) is 9.47 Å². The smallest absolute Gasteiger partial charge is 0.254 e. The number of hydrogen-bond acceptors (Lipinski definition) is 4. The van der Waals surface area contributed by atoms with Crippen molar-refractivity contribution in [3.05, 3.63) is 23.8 Å². The number of carbonyl (C=O) groups excluding carboxylic acids is 1. The molecule has 5 nitrogen and oxygen atoms in total.